The molecule has 7 nitrogen and oxygen atoms in total. The number of oxazole rings is 1. The van der Waals surface area contributed by atoms with E-state index >= 15 is 0 Å². The SMILES string of the molecule is CCNC(=NCc1ccc(-n2ccnc2)c(F)c1)NCc1coc(-c2ccc(C)cc2)n1. The number of nitrogens with one attached hydrogen (secondary N) is 2. The average Bonchev–Trinajstić information content (AvgIpc) is 3.49. The molecule has 4 aromatic rings. The van der Waals surface area contributed by atoms with Crippen molar-refractivity contribution in [1.29, 1.82) is 0 Å². The summed E-state index contributed by atoms with van der Waals surface area (Å²) in [6.45, 7) is 5.52. The fourth-order valence-electron chi connectivity index (χ4n) is 3.16. The summed E-state index contributed by atoms with van der Waals surface area (Å²) >= 11 is 0. The molecule has 0 saturated carbocycles. The van der Waals surface area contributed by atoms with Crippen molar-refractivity contribution in [3.8, 4) is 17.1 Å². The number of aromatic nitrogens is 3. The minimum absolute atomic E-state index is 0.320. The number of guanidine groups is 1. The molecule has 0 atom stereocenters. The third-order valence-corrected chi connectivity index (χ3v) is 4.85. The van der Waals surface area contributed by atoms with E-state index in [1.807, 2.05) is 44.2 Å². The zero-order chi connectivity index (χ0) is 22.3. The number of halogens is 1. The van der Waals surface area contributed by atoms with E-state index in [2.05, 4.69) is 25.6 Å². The molecule has 4 rings (SSSR count). The highest BCUT2D eigenvalue weighted by molar-refractivity contribution is 5.79. The van der Waals surface area contributed by atoms with E-state index in [1.54, 1.807) is 35.6 Å². The number of aryl methyl sites for hydroxylation is 1. The first-order valence-corrected chi connectivity index (χ1v) is 10.4. The van der Waals surface area contributed by atoms with Gasteiger partial charge in [0.2, 0.25) is 5.89 Å². The maximum atomic E-state index is 14.5. The Hall–Kier alpha value is -3.94. The second-order valence-electron chi connectivity index (χ2n) is 7.31. The Morgan fingerprint density at radius 1 is 1.16 bits per heavy atom. The van der Waals surface area contributed by atoms with Crippen LogP contribution in [0.25, 0.3) is 17.1 Å². The quantitative estimate of drug-likeness (QED) is 0.337. The monoisotopic (exact) mass is 432 g/mol. The summed E-state index contributed by atoms with van der Waals surface area (Å²) in [6, 6.07) is 13.1. The number of hydrogen-bond donors (Lipinski definition) is 2. The highest BCUT2D eigenvalue weighted by atomic mass is 19.1. The first kappa shape index (κ1) is 21.3. The molecular weight excluding hydrogens is 407 g/mol. The minimum Gasteiger partial charge on any atom is -0.444 e. The summed E-state index contributed by atoms with van der Waals surface area (Å²) in [6.07, 6.45) is 6.52. The van der Waals surface area contributed by atoms with E-state index in [1.165, 1.54) is 11.6 Å². The number of hydrogen-bond acceptors (Lipinski definition) is 4. The summed E-state index contributed by atoms with van der Waals surface area (Å²) in [5.74, 6) is 0.878. The summed E-state index contributed by atoms with van der Waals surface area (Å²) in [7, 11) is 0. The highest BCUT2D eigenvalue weighted by Gasteiger charge is 2.08. The lowest BCUT2D eigenvalue weighted by atomic mass is 10.1. The van der Waals surface area contributed by atoms with Crippen LogP contribution in [0.5, 0.6) is 0 Å². The van der Waals surface area contributed by atoms with Crippen LogP contribution in [0.4, 0.5) is 4.39 Å². The van der Waals surface area contributed by atoms with Crippen LogP contribution in [0.3, 0.4) is 0 Å². The first-order valence-electron chi connectivity index (χ1n) is 10.4. The normalized spacial score (nSPS) is 11.5. The van der Waals surface area contributed by atoms with Gasteiger partial charge in [-0.3, -0.25) is 0 Å². The van der Waals surface area contributed by atoms with Crippen LogP contribution in [0.15, 0.2) is 76.9 Å². The van der Waals surface area contributed by atoms with Crippen LogP contribution < -0.4 is 10.6 Å². The van der Waals surface area contributed by atoms with Gasteiger partial charge in [0.15, 0.2) is 5.96 Å². The van der Waals surface area contributed by atoms with Gasteiger partial charge in [-0.25, -0.2) is 19.4 Å². The van der Waals surface area contributed by atoms with Gasteiger partial charge in [-0.15, -0.1) is 0 Å². The van der Waals surface area contributed by atoms with E-state index in [9.17, 15) is 4.39 Å². The van der Waals surface area contributed by atoms with Gasteiger partial charge in [-0.05, 0) is 43.7 Å². The third kappa shape index (κ3) is 5.21. The average molecular weight is 433 g/mol. The third-order valence-electron chi connectivity index (χ3n) is 4.85. The molecule has 2 aromatic heterocycles. The van der Waals surface area contributed by atoms with Gasteiger partial charge < -0.3 is 19.6 Å². The molecule has 0 radical (unpaired) electrons. The van der Waals surface area contributed by atoms with Crippen LogP contribution in [0.2, 0.25) is 0 Å². The van der Waals surface area contributed by atoms with Crippen LogP contribution in [0, 0.1) is 12.7 Å². The van der Waals surface area contributed by atoms with E-state index in [0.29, 0.717) is 37.2 Å². The molecule has 0 bridgehead atoms. The first-order chi connectivity index (χ1) is 15.6. The molecule has 2 aromatic carbocycles. The second-order valence-corrected chi connectivity index (χ2v) is 7.31. The van der Waals surface area contributed by atoms with Crippen molar-refractivity contribution in [2.45, 2.75) is 26.9 Å². The van der Waals surface area contributed by atoms with Gasteiger partial charge >= 0.3 is 0 Å². The smallest absolute Gasteiger partial charge is 0.226 e. The molecule has 0 aliphatic carbocycles. The molecule has 2 N–H and O–H groups in total. The van der Waals surface area contributed by atoms with E-state index in [0.717, 1.165) is 16.8 Å². The van der Waals surface area contributed by atoms with Crippen LogP contribution >= 0.6 is 0 Å². The molecule has 0 amide bonds. The molecule has 32 heavy (non-hydrogen) atoms. The summed E-state index contributed by atoms with van der Waals surface area (Å²) in [5, 5.41) is 6.43. The van der Waals surface area contributed by atoms with Crippen molar-refractivity contribution < 1.29 is 8.81 Å². The van der Waals surface area contributed by atoms with Crippen molar-refractivity contribution >= 4 is 5.96 Å². The largest absolute Gasteiger partial charge is 0.444 e. The molecule has 164 valence electrons. The van der Waals surface area contributed by atoms with Crippen molar-refractivity contribution in [3.05, 3.63) is 90.1 Å². The van der Waals surface area contributed by atoms with E-state index in [-0.39, 0.29) is 5.82 Å². The summed E-state index contributed by atoms with van der Waals surface area (Å²) in [4.78, 5) is 13.1. The van der Waals surface area contributed by atoms with Crippen molar-refractivity contribution in [3.63, 3.8) is 0 Å². The Kier molecular flexibility index (Phi) is 6.60. The number of imidazole rings is 1. The Balaban J connectivity index is 1.39. The van der Waals surface area contributed by atoms with Crippen LogP contribution in [-0.2, 0) is 13.1 Å². The molecule has 0 fully saturated rings. The summed E-state index contributed by atoms with van der Waals surface area (Å²) < 4.78 is 21.7. The lowest BCUT2D eigenvalue weighted by Crippen LogP contribution is -2.36. The highest BCUT2D eigenvalue weighted by Crippen LogP contribution is 2.19. The second kappa shape index (κ2) is 9.91. The predicted molar refractivity (Wildman–Crippen MR) is 122 cm³/mol. The molecule has 0 aliphatic heterocycles. The van der Waals surface area contributed by atoms with Crippen molar-refractivity contribution in [2.24, 2.45) is 4.99 Å². The topological polar surface area (TPSA) is 80.3 Å². The molecule has 0 unspecified atom stereocenters. The Labute approximate surface area is 186 Å². The fourth-order valence-corrected chi connectivity index (χ4v) is 3.16. The van der Waals surface area contributed by atoms with Crippen LogP contribution in [-0.4, -0.2) is 27.0 Å². The lowest BCUT2D eigenvalue weighted by Gasteiger charge is -2.10. The van der Waals surface area contributed by atoms with E-state index in [4.69, 9.17) is 4.42 Å². The zero-order valence-electron chi connectivity index (χ0n) is 18.0. The van der Waals surface area contributed by atoms with Gasteiger partial charge in [0.25, 0.3) is 0 Å². The van der Waals surface area contributed by atoms with Gasteiger partial charge in [-0.1, -0.05) is 23.8 Å². The van der Waals surface area contributed by atoms with Gasteiger partial charge in [0, 0.05) is 24.5 Å². The fraction of sp³-hybridized carbons (Fsp3) is 0.208. The Bertz CT molecular complexity index is 1180. The van der Waals surface area contributed by atoms with Gasteiger partial charge in [0.05, 0.1) is 30.8 Å². The molecule has 0 aliphatic rings. The Morgan fingerprint density at radius 2 is 2.00 bits per heavy atom. The minimum atomic E-state index is -0.320. The number of benzene rings is 2. The number of aliphatic imine (C=N–C) groups is 1. The molecule has 2 heterocycles. The lowest BCUT2D eigenvalue weighted by molar-refractivity contribution is 0.572. The van der Waals surface area contributed by atoms with Crippen molar-refractivity contribution in [2.75, 3.05) is 6.54 Å². The Morgan fingerprint density at radius 3 is 2.72 bits per heavy atom. The van der Waals surface area contributed by atoms with Gasteiger partial charge in [-0.2, -0.15) is 0 Å². The number of rotatable bonds is 7. The molecule has 8 heteroatoms. The molecule has 0 saturated heterocycles. The van der Waals surface area contributed by atoms with E-state index < -0.39 is 0 Å². The molecular formula is C24H25FN6O. The zero-order valence-corrected chi connectivity index (χ0v) is 18.0. The van der Waals surface area contributed by atoms with Crippen LogP contribution in [0.1, 0.15) is 23.7 Å². The maximum absolute atomic E-state index is 14.5. The van der Waals surface area contributed by atoms with Crippen molar-refractivity contribution in [1.82, 2.24) is 25.2 Å². The summed E-state index contributed by atoms with van der Waals surface area (Å²) in [5.41, 5.74) is 4.11. The standard InChI is InChI=1S/C24H25FN6O/c1-3-27-24(28-13-18-6-9-22(21(25)12-18)31-11-10-26-16-31)29-14-20-15-32-23(30-20)19-7-4-17(2)5-8-19/h4-12,15-16H,3,13-14H2,1-2H3,(H2,27,28,29). The van der Waals surface area contributed by atoms with Gasteiger partial charge in [0.1, 0.15) is 12.1 Å². The maximum Gasteiger partial charge on any atom is 0.226 e. The number of nitrogens with zero attached hydrogens (tertiary/aromatic N) is 4. The molecule has 0 spiro atoms. The predicted octanol–water partition coefficient (Wildman–Crippen LogP) is 4.23.